The molecule has 276 valence electrons. The Kier molecular flexibility index (Phi) is 21.1. The van der Waals surface area contributed by atoms with Crippen LogP contribution in [-0.4, -0.2) is 83.0 Å². The summed E-state index contributed by atoms with van der Waals surface area (Å²) in [5.74, 6) is 0.794. The van der Waals surface area contributed by atoms with E-state index in [9.17, 15) is 33.7 Å². The van der Waals surface area contributed by atoms with Crippen LogP contribution in [0.3, 0.4) is 0 Å². The lowest BCUT2D eigenvalue weighted by molar-refractivity contribution is 0.483. The average molecular weight is 790 g/mol. The molecule has 2 fully saturated rings. The Labute approximate surface area is 289 Å². The van der Waals surface area contributed by atoms with Gasteiger partial charge in [0.1, 0.15) is 0 Å². The van der Waals surface area contributed by atoms with Gasteiger partial charge in [0.15, 0.2) is 0 Å². The maximum atomic E-state index is 11.6. The van der Waals surface area contributed by atoms with Gasteiger partial charge in [0.2, 0.25) is 39.1 Å². The molecule has 0 radical (unpaired) electrons. The van der Waals surface area contributed by atoms with Crippen LogP contribution in [0.1, 0.15) is 115 Å². The van der Waals surface area contributed by atoms with E-state index in [2.05, 4.69) is 9.44 Å². The molecule has 0 amide bonds. The number of nitrogens with one attached hydrogen (secondary N) is 2. The van der Waals surface area contributed by atoms with Crippen molar-refractivity contribution in [2.24, 2.45) is 10.9 Å². The van der Waals surface area contributed by atoms with Gasteiger partial charge in [0.05, 0.1) is 21.0 Å². The number of hydrogen-bond donors (Lipinski definition) is 4. The predicted molar refractivity (Wildman–Crippen MR) is 191 cm³/mol. The van der Waals surface area contributed by atoms with Gasteiger partial charge in [-0.3, -0.25) is 0 Å². The molecular weight excluding hydrogens is 731 g/mol. The van der Waals surface area contributed by atoms with Crippen LogP contribution in [0.2, 0.25) is 0 Å². The molecule has 2 rings (SSSR count). The molecule has 45 heavy (non-hydrogen) atoms. The van der Waals surface area contributed by atoms with Crippen molar-refractivity contribution < 1.29 is 33.7 Å². The lowest BCUT2D eigenvalue weighted by Gasteiger charge is -2.23. The largest absolute Gasteiger partial charge is 0.326 e. The highest BCUT2D eigenvalue weighted by Gasteiger charge is 2.51. The van der Waals surface area contributed by atoms with Crippen LogP contribution in [-0.2, 0) is 39.1 Å². The first-order valence-corrected chi connectivity index (χ1v) is 22.6. The minimum absolute atomic E-state index is 0. The highest BCUT2D eigenvalue weighted by molar-refractivity contribution is 8.13. The van der Waals surface area contributed by atoms with Crippen molar-refractivity contribution in [2.75, 3.05) is 23.3 Å². The maximum Gasteiger partial charge on any atom is 0.232 e. The topological polar surface area (TPSA) is 213 Å². The second kappa shape index (κ2) is 19.0. The number of rotatable bonds is 10. The Balaban J connectivity index is -0.000000505. The number of nitrogens with two attached hydrogens (primary N) is 2. The van der Waals surface area contributed by atoms with Gasteiger partial charge >= 0.3 is 0 Å². The molecule has 12 nitrogen and oxygen atoms in total. The SMILES string of the molecule is CC(C)(C)N.CC(C)(C)NS(=O)(=O)C1(C)CC1.CC(C)(C)NS(=O)(=O)CCCCl.CC1(S(N)(=O)=O)CC1.O=S(=O)(Cl)CCCCl. The summed E-state index contributed by atoms with van der Waals surface area (Å²) < 4.78 is 91.1. The van der Waals surface area contributed by atoms with E-state index < -0.39 is 54.2 Å². The van der Waals surface area contributed by atoms with E-state index in [1.165, 1.54) is 0 Å². The minimum atomic E-state index is -3.30. The summed E-state index contributed by atoms with van der Waals surface area (Å²) in [6.07, 6.45) is 3.95. The summed E-state index contributed by atoms with van der Waals surface area (Å²) in [6.45, 7) is 20.4. The van der Waals surface area contributed by atoms with E-state index >= 15 is 0 Å². The zero-order valence-electron chi connectivity index (χ0n) is 28.8. The van der Waals surface area contributed by atoms with Crippen LogP contribution in [0, 0.1) is 0 Å². The molecule has 0 atom stereocenters. The predicted octanol–water partition coefficient (Wildman–Crippen LogP) is 4.34. The lowest BCUT2D eigenvalue weighted by atomic mass is 10.1. The van der Waals surface area contributed by atoms with Gasteiger partial charge in [-0.25, -0.2) is 48.3 Å². The Morgan fingerprint density at radius 3 is 1.13 bits per heavy atom. The van der Waals surface area contributed by atoms with Crippen LogP contribution in [0.4, 0.5) is 0 Å². The Morgan fingerprint density at radius 2 is 0.956 bits per heavy atom. The molecule has 19 heteroatoms. The molecule has 0 bridgehead atoms. The molecule has 0 aromatic heterocycles. The van der Waals surface area contributed by atoms with Gasteiger partial charge in [-0.05, 0) is 115 Å². The minimum Gasteiger partial charge on any atom is -0.326 e. The summed E-state index contributed by atoms with van der Waals surface area (Å²) in [5.41, 5.74) is 4.60. The monoisotopic (exact) mass is 788 g/mol. The molecule has 2 aliphatic carbocycles. The molecule has 2 saturated carbocycles. The Morgan fingerprint density at radius 1 is 0.644 bits per heavy atom. The van der Waals surface area contributed by atoms with Crippen molar-refractivity contribution in [2.45, 2.75) is 141 Å². The summed E-state index contributed by atoms with van der Waals surface area (Å²) in [5, 5.41) is 4.85. The second-order valence-electron chi connectivity index (χ2n) is 14.7. The van der Waals surface area contributed by atoms with E-state index in [4.69, 9.17) is 44.8 Å². The van der Waals surface area contributed by atoms with E-state index in [0.717, 1.165) is 25.7 Å². The highest BCUT2D eigenvalue weighted by atomic mass is 35.7. The van der Waals surface area contributed by atoms with Crippen molar-refractivity contribution in [3.8, 4) is 0 Å². The Hall–Kier alpha value is 0.510. The molecule has 0 unspecified atom stereocenters. The van der Waals surface area contributed by atoms with E-state index in [0.29, 0.717) is 24.6 Å². The third kappa shape index (κ3) is 31.5. The number of hydrogen-bond acceptors (Lipinski definition) is 9. The summed E-state index contributed by atoms with van der Waals surface area (Å²) in [7, 11) is -7.93. The molecular formula is C26H59Cl3N4O8S4. The van der Waals surface area contributed by atoms with Gasteiger partial charge in [-0.15, -0.1) is 23.2 Å². The molecule has 0 aliphatic heterocycles. The van der Waals surface area contributed by atoms with Gasteiger partial charge < -0.3 is 5.73 Å². The zero-order chi connectivity index (χ0) is 37.0. The van der Waals surface area contributed by atoms with E-state index in [1.54, 1.807) is 13.8 Å². The smallest absolute Gasteiger partial charge is 0.232 e. The first-order valence-electron chi connectivity index (χ1n) is 14.4. The van der Waals surface area contributed by atoms with E-state index in [1.807, 2.05) is 62.3 Å². The van der Waals surface area contributed by atoms with Crippen molar-refractivity contribution in [1.29, 1.82) is 0 Å². The first kappa shape index (κ1) is 49.9. The number of primary sulfonamides is 1. The van der Waals surface area contributed by atoms with Crippen LogP contribution >= 0.6 is 33.9 Å². The maximum absolute atomic E-state index is 11.6. The van der Waals surface area contributed by atoms with Crippen molar-refractivity contribution >= 4 is 73.0 Å². The zero-order valence-corrected chi connectivity index (χ0v) is 34.3. The summed E-state index contributed by atoms with van der Waals surface area (Å²) in [4.78, 5) is 0. The fourth-order valence-corrected chi connectivity index (χ4v) is 7.74. The normalized spacial score (nSPS) is 17.4. The third-order valence-corrected chi connectivity index (χ3v) is 13.1. The molecule has 2 aliphatic rings. The van der Waals surface area contributed by atoms with Crippen molar-refractivity contribution in [3.63, 3.8) is 0 Å². The van der Waals surface area contributed by atoms with Gasteiger partial charge in [0.25, 0.3) is 0 Å². The molecule has 6 N–H and O–H groups in total. The quantitative estimate of drug-likeness (QED) is 0.183. The van der Waals surface area contributed by atoms with Crippen LogP contribution in [0.15, 0.2) is 0 Å². The van der Waals surface area contributed by atoms with Crippen LogP contribution < -0.4 is 20.3 Å². The van der Waals surface area contributed by atoms with Gasteiger partial charge in [0, 0.05) is 39.1 Å². The Bertz CT molecular complexity index is 1290. The molecule has 0 aromatic rings. The molecule has 0 saturated heterocycles. The first-order chi connectivity index (χ1) is 19.4. The summed E-state index contributed by atoms with van der Waals surface area (Å²) in [6, 6.07) is 0. The number of alkyl halides is 2. The molecule has 0 heterocycles. The highest BCUT2D eigenvalue weighted by Crippen LogP contribution is 2.42. The fourth-order valence-electron chi connectivity index (χ4n) is 2.42. The number of sulfonamides is 3. The fraction of sp³-hybridized carbons (Fsp3) is 1.00. The molecule has 0 aromatic carbocycles. The van der Waals surface area contributed by atoms with Crippen molar-refractivity contribution in [1.82, 2.24) is 9.44 Å². The second-order valence-corrected chi connectivity index (χ2v) is 24.4. The van der Waals surface area contributed by atoms with Gasteiger partial charge in [-0.1, -0.05) is 0 Å². The molecule has 0 spiro atoms. The van der Waals surface area contributed by atoms with E-state index in [-0.39, 0.29) is 22.6 Å². The lowest BCUT2D eigenvalue weighted by Crippen LogP contribution is -2.45. The third-order valence-electron chi connectivity index (χ3n) is 5.21. The summed E-state index contributed by atoms with van der Waals surface area (Å²) >= 11 is 10.6. The number of halogens is 3. The standard InChI is InChI=1S/C8H17NO2S.C7H16ClNO2S.C4H9NO2S.C4H11N.C3H6Cl2O2S/c1-7(2,3)9-12(10,11)8(4)5-6-8;1-7(2,3)9-12(10,11)6-4-5-8;1-4(2-3-4)8(5,6)7;1-4(2,3)5;4-2-1-3-8(5,6)7/h9H,5-6H2,1-4H3;9H,4-6H2,1-3H3;2-3H2,1H3,(H2,5,6,7);5H2,1-3H3;1-3H2. The van der Waals surface area contributed by atoms with Crippen LogP contribution in [0.25, 0.3) is 0 Å². The van der Waals surface area contributed by atoms with Gasteiger partial charge in [-0.2, -0.15) is 0 Å². The van der Waals surface area contributed by atoms with Crippen LogP contribution in [0.5, 0.6) is 0 Å². The average Bonchev–Trinajstić information content (AvgIpc) is 3.65. The van der Waals surface area contributed by atoms with Crippen molar-refractivity contribution in [3.05, 3.63) is 0 Å².